The Morgan fingerprint density at radius 2 is 1.95 bits per heavy atom. The first-order chi connectivity index (χ1) is 10.4. The molecule has 114 valence electrons. The highest BCUT2D eigenvalue weighted by molar-refractivity contribution is 9.10. The van der Waals surface area contributed by atoms with Gasteiger partial charge in [-0.05, 0) is 6.07 Å². The van der Waals surface area contributed by atoms with Gasteiger partial charge < -0.3 is 5.73 Å². The minimum Gasteiger partial charge on any atom is -0.396 e. The smallest absolute Gasteiger partial charge is 0.291 e. The van der Waals surface area contributed by atoms with Crippen molar-refractivity contribution in [3.05, 3.63) is 55.2 Å². The second-order valence-corrected chi connectivity index (χ2v) is 5.98. The molecular formula is C13H8BrCl3N4O. The number of carbonyl (C=O) groups excluding carboxylic acids is 1. The van der Waals surface area contributed by atoms with Crippen LogP contribution in [0.5, 0.6) is 0 Å². The van der Waals surface area contributed by atoms with Crippen molar-refractivity contribution < 1.29 is 4.79 Å². The van der Waals surface area contributed by atoms with Crippen molar-refractivity contribution in [3.8, 4) is 0 Å². The molecule has 1 amide bonds. The summed E-state index contributed by atoms with van der Waals surface area (Å²) < 4.78 is 0.836. The number of aromatic nitrogens is 1. The third-order valence-corrected chi connectivity index (χ3v) is 4.42. The number of nitrogens with zero attached hydrogens (tertiary/aromatic N) is 2. The summed E-state index contributed by atoms with van der Waals surface area (Å²) in [5.41, 5.74) is 8.56. The molecule has 0 aliphatic carbocycles. The summed E-state index contributed by atoms with van der Waals surface area (Å²) in [5, 5.41) is 3.64. The monoisotopic (exact) mass is 420 g/mol. The molecule has 0 unspecified atom stereocenters. The van der Waals surface area contributed by atoms with Crippen LogP contribution in [0.1, 0.15) is 16.1 Å². The summed E-state index contributed by atoms with van der Waals surface area (Å²) >= 11 is 20.9. The molecule has 0 saturated carbocycles. The Kier molecular flexibility index (Phi) is 5.63. The van der Waals surface area contributed by atoms with Gasteiger partial charge in [-0.15, -0.1) is 0 Å². The number of hydrogen-bond acceptors (Lipinski definition) is 4. The number of nitrogens with two attached hydrogens (primary N) is 1. The van der Waals surface area contributed by atoms with E-state index in [-0.39, 0.29) is 26.6 Å². The maximum Gasteiger partial charge on any atom is 0.291 e. The highest BCUT2D eigenvalue weighted by Crippen LogP contribution is 2.34. The van der Waals surface area contributed by atoms with Crippen LogP contribution >= 0.6 is 50.7 Å². The van der Waals surface area contributed by atoms with Crippen LogP contribution in [-0.4, -0.2) is 17.1 Å². The number of rotatable bonds is 3. The number of pyridine rings is 1. The highest BCUT2D eigenvalue weighted by Gasteiger charge is 2.19. The van der Waals surface area contributed by atoms with Gasteiger partial charge in [0.15, 0.2) is 10.8 Å². The Hall–Kier alpha value is -1.34. The molecule has 5 nitrogen and oxygen atoms in total. The van der Waals surface area contributed by atoms with E-state index in [1.54, 1.807) is 0 Å². The lowest BCUT2D eigenvalue weighted by molar-refractivity contribution is 0.0950. The van der Waals surface area contributed by atoms with Crippen molar-refractivity contribution in [3.63, 3.8) is 0 Å². The number of carbonyl (C=O) groups is 1. The number of amides is 1. The fraction of sp³-hybridized carbons (Fsp3) is 0. The van der Waals surface area contributed by atoms with Crippen LogP contribution in [0.25, 0.3) is 0 Å². The van der Waals surface area contributed by atoms with Crippen LogP contribution in [0.4, 0.5) is 5.69 Å². The normalized spacial score (nSPS) is 10.9. The number of nitrogens with one attached hydrogen (secondary N) is 1. The van der Waals surface area contributed by atoms with E-state index in [1.165, 1.54) is 6.21 Å². The van der Waals surface area contributed by atoms with Gasteiger partial charge in [-0.25, -0.2) is 10.4 Å². The van der Waals surface area contributed by atoms with Crippen LogP contribution in [0, 0.1) is 0 Å². The lowest BCUT2D eigenvalue weighted by Crippen LogP contribution is -2.20. The molecule has 3 N–H and O–H groups in total. The van der Waals surface area contributed by atoms with E-state index in [9.17, 15) is 4.79 Å². The molecule has 0 saturated heterocycles. The molecule has 0 atom stereocenters. The predicted octanol–water partition coefficient (Wildman–Crippen LogP) is 4.15. The number of benzene rings is 1. The third-order valence-electron chi connectivity index (χ3n) is 2.56. The number of anilines is 1. The van der Waals surface area contributed by atoms with Crippen LogP contribution < -0.4 is 11.2 Å². The molecule has 0 aliphatic rings. The molecule has 1 heterocycles. The topological polar surface area (TPSA) is 80.4 Å². The van der Waals surface area contributed by atoms with E-state index in [0.29, 0.717) is 0 Å². The molecular weight excluding hydrogens is 414 g/mol. The molecule has 22 heavy (non-hydrogen) atoms. The number of hydrogen-bond donors (Lipinski definition) is 2. The first kappa shape index (κ1) is 17.0. The Balaban J connectivity index is 2.19. The molecule has 0 radical (unpaired) electrons. The van der Waals surface area contributed by atoms with Crippen LogP contribution in [-0.2, 0) is 0 Å². The van der Waals surface area contributed by atoms with Gasteiger partial charge in [0.2, 0.25) is 0 Å². The van der Waals surface area contributed by atoms with Crippen LogP contribution in [0.15, 0.2) is 33.8 Å². The summed E-state index contributed by atoms with van der Waals surface area (Å²) in [7, 11) is 0. The molecule has 2 aromatic rings. The summed E-state index contributed by atoms with van der Waals surface area (Å²) in [5.74, 6) is -0.654. The third kappa shape index (κ3) is 3.70. The summed E-state index contributed by atoms with van der Waals surface area (Å²) in [6.45, 7) is 0. The lowest BCUT2D eigenvalue weighted by Gasteiger charge is -2.07. The van der Waals surface area contributed by atoms with Crippen molar-refractivity contribution in [2.75, 3.05) is 5.73 Å². The van der Waals surface area contributed by atoms with Crippen molar-refractivity contribution in [2.24, 2.45) is 5.10 Å². The Morgan fingerprint density at radius 3 is 2.64 bits per heavy atom. The standard InChI is InChI=1S/C13H8BrCl3N4O/c14-7-4-2-1-3-6(7)5-19-21-13(22)11-8(15)10(18)9(16)12(17)20-11/h1-5H,(H2,18,20)(H,21,22)/b19-5+. The summed E-state index contributed by atoms with van der Waals surface area (Å²) in [6.07, 6.45) is 1.47. The van der Waals surface area contributed by atoms with E-state index in [0.717, 1.165) is 10.0 Å². The van der Waals surface area contributed by atoms with Gasteiger partial charge in [0.25, 0.3) is 5.91 Å². The van der Waals surface area contributed by atoms with E-state index >= 15 is 0 Å². The number of hydrazone groups is 1. The number of nitrogen functional groups attached to an aromatic ring is 1. The zero-order chi connectivity index (χ0) is 16.3. The SMILES string of the molecule is Nc1c(Cl)c(Cl)nc(C(=O)N/N=C/c2ccccc2Br)c1Cl. The molecule has 0 aliphatic heterocycles. The first-order valence-corrected chi connectivity index (χ1v) is 7.72. The van der Waals surface area contributed by atoms with E-state index < -0.39 is 5.91 Å². The molecule has 0 fully saturated rings. The maximum absolute atomic E-state index is 12.0. The quantitative estimate of drug-likeness (QED) is 0.443. The van der Waals surface area contributed by atoms with Crippen molar-refractivity contribution in [1.29, 1.82) is 0 Å². The summed E-state index contributed by atoms with van der Waals surface area (Å²) in [6, 6.07) is 7.37. The Morgan fingerprint density at radius 1 is 1.27 bits per heavy atom. The van der Waals surface area contributed by atoms with Gasteiger partial charge in [-0.2, -0.15) is 5.10 Å². The zero-order valence-electron chi connectivity index (χ0n) is 10.8. The molecule has 1 aromatic heterocycles. The highest BCUT2D eigenvalue weighted by atomic mass is 79.9. The molecule has 0 bridgehead atoms. The van der Waals surface area contributed by atoms with Gasteiger partial charge in [-0.1, -0.05) is 68.9 Å². The molecule has 9 heteroatoms. The number of halogens is 4. The molecule has 1 aromatic carbocycles. The minimum absolute atomic E-state index is 0.0000610. The van der Waals surface area contributed by atoms with Gasteiger partial charge in [0, 0.05) is 10.0 Å². The second kappa shape index (κ2) is 7.28. The largest absolute Gasteiger partial charge is 0.396 e. The van der Waals surface area contributed by atoms with E-state index in [4.69, 9.17) is 40.5 Å². The average molecular weight is 422 g/mol. The van der Waals surface area contributed by atoms with Crippen LogP contribution in [0.3, 0.4) is 0 Å². The fourth-order valence-electron chi connectivity index (χ4n) is 1.47. The maximum atomic E-state index is 12.0. The van der Waals surface area contributed by atoms with Crippen LogP contribution in [0.2, 0.25) is 15.2 Å². The fourth-order valence-corrected chi connectivity index (χ4v) is 2.46. The Bertz CT molecular complexity index is 767. The average Bonchev–Trinajstić information content (AvgIpc) is 2.50. The minimum atomic E-state index is -0.654. The van der Waals surface area contributed by atoms with E-state index in [1.807, 2.05) is 24.3 Å². The first-order valence-electron chi connectivity index (χ1n) is 5.79. The van der Waals surface area contributed by atoms with Gasteiger partial charge in [0.1, 0.15) is 5.02 Å². The Labute approximate surface area is 149 Å². The van der Waals surface area contributed by atoms with Gasteiger partial charge in [0.05, 0.1) is 16.9 Å². The summed E-state index contributed by atoms with van der Waals surface area (Å²) in [4.78, 5) is 15.8. The van der Waals surface area contributed by atoms with Crippen molar-refractivity contribution in [1.82, 2.24) is 10.4 Å². The predicted molar refractivity (Wildman–Crippen MR) is 92.9 cm³/mol. The molecule has 2 rings (SSSR count). The van der Waals surface area contributed by atoms with Crippen molar-refractivity contribution in [2.45, 2.75) is 0 Å². The second-order valence-electron chi connectivity index (χ2n) is 4.01. The van der Waals surface area contributed by atoms with Gasteiger partial charge in [-0.3, -0.25) is 4.79 Å². The lowest BCUT2D eigenvalue weighted by atomic mass is 10.2. The molecule has 0 spiro atoms. The van der Waals surface area contributed by atoms with Gasteiger partial charge >= 0.3 is 0 Å². The zero-order valence-corrected chi connectivity index (χ0v) is 14.6. The van der Waals surface area contributed by atoms with E-state index in [2.05, 4.69) is 31.4 Å². The van der Waals surface area contributed by atoms with Crippen molar-refractivity contribution >= 4 is 68.5 Å².